The number of ether oxygens (including phenoxy) is 2. The van der Waals surface area contributed by atoms with Gasteiger partial charge in [-0.25, -0.2) is 0 Å². The third-order valence-corrected chi connectivity index (χ3v) is 6.59. The summed E-state index contributed by atoms with van der Waals surface area (Å²) in [5.41, 5.74) is -0.290. The second-order valence-electron chi connectivity index (χ2n) is 8.56. The van der Waals surface area contributed by atoms with Gasteiger partial charge in [-0.05, 0) is 48.7 Å². The average molecular weight is 543 g/mol. The number of aromatic nitrogens is 1. The van der Waals surface area contributed by atoms with Crippen LogP contribution in [0.3, 0.4) is 0 Å². The highest BCUT2D eigenvalue weighted by molar-refractivity contribution is 6.38. The first-order valence-electron chi connectivity index (χ1n) is 11.9. The molecule has 1 aromatic heterocycles. The summed E-state index contributed by atoms with van der Waals surface area (Å²) in [7, 11) is 1.53. The number of nitriles is 1. The van der Waals surface area contributed by atoms with Gasteiger partial charge in [-0.15, -0.1) is 0 Å². The Kier molecular flexibility index (Phi) is 9.62. The number of methoxy groups -OCH3 is 1. The van der Waals surface area contributed by atoms with E-state index in [0.29, 0.717) is 17.9 Å². The summed E-state index contributed by atoms with van der Waals surface area (Å²) < 4.78 is 11.9. The first kappa shape index (κ1) is 28.1. The molecule has 37 heavy (non-hydrogen) atoms. The first-order valence-corrected chi connectivity index (χ1v) is 12.6. The van der Waals surface area contributed by atoms with E-state index >= 15 is 0 Å². The van der Waals surface area contributed by atoms with Gasteiger partial charge in [0.2, 0.25) is 5.88 Å². The lowest BCUT2D eigenvalue weighted by Crippen LogP contribution is -2.27. The second-order valence-corrected chi connectivity index (χ2v) is 9.37. The summed E-state index contributed by atoms with van der Waals surface area (Å²) in [6.45, 7) is 3.95. The molecule has 1 N–H and O–H groups in total. The Balaban J connectivity index is 2.00. The highest BCUT2D eigenvalue weighted by Gasteiger charge is 2.26. The molecule has 0 amide bonds. The average Bonchev–Trinajstić information content (AvgIpc) is 2.88. The lowest BCUT2D eigenvalue weighted by atomic mass is 9.97. The number of rotatable bonds is 11. The predicted octanol–water partition coefficient (Wildman–Crippen LogP) is 6.29. The van der Waals surface area contributed by atoms with E-state index in [-0.39, 0.29) is 44.6 Å². The van der Waals surface area contributed by atoms with Gasteiger partial charge in [-0.3, -0.25) is 14.2 Å². The molecule has 0 aliphatic carbocycles. The SMILES string of the molecule is CCCCCCOc1c(Cl)cc(C(=O)c2c(C)c(C#N)c(=O)n(Cc3ccc(OC)cc3)c2O)cc1Cl. The summed E-state index contributed by atoms with van der Waals surface area (Å²) >= 11 is 12.8. The van der Waals surface area contributed by atoms with Gasteiger partial charge in [0.15, 0.2) is 11.5 Å². The topological polar surface area (TPSA) is 102 Å². The van der Waals surface area contributed by atoms with Crippen molar-refractivity contribution < 1.29 is 19.4 Å². The number of unbranched alkanes of at least 4 members (excludes halogenated alkanes) is 3. The molecule has 0 saturated carbocycles. The van der Waals surface area contributed by atoms with E-state index in [0.717, 1.165) is 30.3 Å². The summed E-state index contributed by atoms with van der Waals surface area (Å²) in [6.07, 6.45) is 4.08. The Morgan fingerprint density at radius 3 is 2.32 bits per heavy atom. The van der Waals surface area contributed by atoms with E-state index in [1.165, 1.54) is 26.2 Å². The lowest BCUT2D eigenvalue weighted by Gasteiger charge is -2.17. The van der Waals surface area contributed by atoms with Crippen molar-refractivity contribution >= 4 is 29.0 Å². The predicted molar refractivity (Wildman–Crippen MR) is 143 cm³/mol. The normalized spacial score (nSPS) is 10.7. The van der Waals surface area contributed by atoms with Crippen molar-refractivity contribution in [3.63, 3.8) is 0 Å². The minimum atomic E-state index is -0.701. The highest BCUT2D eigenvalue weighted by Crippen LogP contribution is 2.36. The minimum Gasteiger partial charge on any atom is -0.497 e. The van der Waals surface area contributed by atoms with Gasteiger partial charge in [-0.1, -0.05) is 61.5 Å². The van der Waals surface area contributed by atoms with Crippen LogP contribution in [0.2, 0.25) is 10.0 Å². The van der Waals surface area contributed by atoms with Gasteiger partial charge in [0, 0.05) is 5.56 Å². The largest absolute Gasteiger partial charge is 0.497 e. The smallest absolute Gasteiger partial charge is 0.271 e. The summed E-state index contributed by atoms with van der Waals surface area (Å²) in [4.78, 5) is 26.5. The molecule has 7 nitrogen and oxygen atoms in total. The summed E-state index contributed by atoms with van der Waals surface area (Å²) in [6, 6.07) is 11.5. The monoisotopic (exact) mass is 542 g/mol. The van der Waals surface area contributed by atoms with Crippen LogP contribution in [0.4, 0.5) is 0 Å². The Hall–Kier alpha value is -3.47. The molecule has 0 aliphatic heterocycles. The van der Waals surface area contributed by atoms with Crippen LogP contribution in [0, 0.1) is 18.3 Å². The first-order chi connectivity index (χ1) is 17.7. The van der Waals surface area contributed by atoms with Gasteiger partial charge < -0.3 is 14.6 Å². The maximum Gasteiger partial charge on any atom is 0.271 e. The number of halogens is 2. The fourth-order valence-corrected chi connectivity index (χ4v) is 4.56. The van der Waals surface area contributed by atoms with Crippen LogP contribution >= 0.6 is 23.2 Å². The molecule has 0 radical (unpaired) electrons. The molecule has 0 spiro atoms. The van der Waals surface area contributed by atoms with Gasteiger partial charge in [0.25, 0.3) is 5.56 Å². The maximum absolute atomic E-state index is 13.5. The molecule has 0 fully saturated rings. The van der Waals surface area contributed by atoms with Crippen LogP contribution in [-0.4, -0.2) is 29.2 Å². The number of nitrogens with zero attached hydrogens (tertiary/aromatic N) is 2. The zero-order chi connectivity index (χ0) is 27.1. The zero-order valence-electron chi connectivity index (χ0n) is 20.9. The molecule has 2 aromatic carbocycles. The van der Waals surface area contributed by atoms with Gasteiger partial charge in [0.1, 0.15) is 17.4 Å². The Morgan fingerprint density at radius 1 is 1.11 bits per heavy atom. The molecule has 3 rings (SSSR count). The van der Waals surface area contributed by atoms with E-state index < -0.39 is 17.2 Å². The van der Waals surface area contributed by atoms with Crippen LogP contribution in [0.5, 0.6) is 17.4 Å². The quantitative estimate of drug-likeness (QED) is 0.225. The number of carbonyl (C=O) groups is 1. The van der Waals surface area contributed by atoms with Crippen LogP contribution < -0.4 is 15.0 Å². The second kappa shape index (κ2) is 12.7. The van der Waals surface area contributed by atoms with Crippen molar-refractivity contribution in [3.05, 3.63) is 84.6 Å². The number of hydrogen-bond acceptors (Lipinski definition) is 6. The Labute approximate surface area is 225 Å². The Bertz CT molecular complexity index is 1370. The number of aromatic hydroxyl groups is 1. The third-order valence-electron chi connectivity index (χ3n) is 6.03. The molecular weight excluding hydrogens is 515 g/mol. The molecular formula is C28H28Cl2N2O5. The van der Waals surface area contributed by atoms with E-state index in [9.17, 15) is 20.0 Å². The zero-order valence-corrected chi connectivity index (χ0v) is 22.4. The van der Waals surface area contributed by atoms with E-state index in [2.05, 4.69) is 6.92 Å². The molecule has 0 unspecified atom stereocenters. The molecule has 1 heterocycles. The van der Waals surface area contributed by atoms with Crippen molar-refractivity contribution in [2.75, 3.05) is 13.7 Å². The summed E-state index contributed by atoms with van der Waals surface area (Å²) in [5.74, 6) is -0.279. The van der Waals surface area contributed by atoms with Crippen LogP contribution in [0.1, 0.15) is 65.2 Å². The molecule has 0 aliphatic rings. The molecule has 3 aromatic rings. The fraction of sp³-hybridized carbons (Fsp3) is 0.321. The highest BCUT2D eigenvalue weighted by atomic mass is 35.5. The van der Waals surface area contributed by atoms with Crippen molar-refractivity contribution in [2.24, 2.45) is 0 Å². The van der Waals surface area contributed by atoms with Crippen molar-refractivity contribution in [3.8, 4) is 23.4 Å². The van der Waals surface area contributed by atoms with Crippen molar-refractivity contribution in [2.45, 2.75) is 46.1 Å². The summed E-state index contributed by atoms with van der Waals surface area (Å²) in [5, 5.41) is 21.0. The molecule has 0 atom stereocenters. The number of pyridine rings is 1. The van der Waals surface area contributed by atoms with Crippen LogP contribution in [-0.2, 0) is 6.54 Å². The van der Waals surface area contributed by atoms with Gasteiger partial charge >= 0.3 is 0 Å². The van der Waals surface area contributed by atoms with E-state index in [1.54, 1.807) is 24.3 Å². The molecule has 0 bridgehead atoms. The van der Waals surface area contributed by atoms with Gasteiger partial charge in [-0.2, -0.15) is 5.26 Å². The van der Waals surface area contributed by atoms with Crippen LogP contribution in [0.25, 0.3) is 0 Å². The molecule has 9 heteroatoms. The fourth-order valence-electron chi connectivity index (χ4n) is 3.96. The number of ketones is 1. The van der Waals surface area contributed by atoms with Crippen molar-refractivity contribution in [1.29, 1.82) is 5.26 Å². The minimum absolute atomic E-state index is 0.0593. The lowest BCUT2D eigenvalue weighted by molar-refractivity contribution is 0.103. The standard InChI is InChI=1S/C28H28Cl2N2O5/c1-4-5-6-7-12-37-26-22(29)13-19(14-23(26)30)25(33)24-17(2)21(15-31)27(34)32(28(24)35)16-18-8-10-20(36-3)11-9-18/h8-11,13-14,35H,4-7,12,16H2,1-3H3. The number of hydrogen-bond donors (Lipinski definition) is 1. The maximum atomic E-state index is 13.5. The van der Waals surface area contributed by atoms with E-state index in [4.69, 9.17) is 32.7 Å². The van der Waals surface area contributed by atoms with Crippen LogP contribution in [0.15, 0.2) is 41.2 Å². The van der Waals surface area contributed by atoms with Gasteiger partial charge in [0.05, 0.1) is 35.9 Å². The third kappa shape index (κ3) is 6.27. The Morgan fingerprint density at radius 2 is 1.76 bits per heavy atom. The number of carbonyl (C=O) groups excluding carboxylic acids is 1. The molecule has 0 saturated heterocycles. The van der Waals surface area contributed by atoms with Crippen molar-refractivity contribution in [1.82, 2.24) is 4.57 Å². The molecule has 194 valence electrons. The van der Waals surface area contributed by atoms with E-state index in [1.807, 2.05) is 6.07 Å². The number of benzene rings is 2.